The lowest BCUT2D eigenvalue weighted by atomic mass is 9.48. The minimum Gasteiger partial charge on any atom is -0.458 e. The number of ether oxygens (including phenoxy) is 1. The molecule has 6 unspecified atom stereocenters. The predicted octanol–water partition coefficient (Wildman–Crippen LogP) is 5.74. The lowest BCUT2D eigenvalue weighted by molar-refractivity contribution is -0.122. The van der Waals surface area contributed by atoms with Crippen molar-refractivity contribution in [1.29, 1.82) is 0 Å². The molecule has 5 rings (SSSR count). The van der Waals surface area contributed by atoms with Gasteiger partial charge in [-0.05, 0) is 73.8 Å². The first kappa shape index (κ1) is 19.1. The van der Waals surface area contributed by atoms with Crippen LogP contribution in [0.3, 0.4) is 0 Å². The predicted molar refractivity (Wildman–Crippen MR) is 112 cm³/mol. The smallest absolute Gasteiger partial charge is 0.338 e. The zero-order chi connectivity index (χ0) is 20.2. The summed E-state index contributed by atoms with van der Waals surface area (Å²) in [6.45, 7) is 4.79. The van der Waals surface area contributed by atoms with E-state index in [-0.39, 0.29) is 22.9 Å². The van der Waals surface area contributed by atoms with Crippen LogP contribution < -0.4 is 0 Å². The molecule has 4 aliphatic carbocycles. The van der Waals surface area contributed by atoms with Crippen LogP contribution in [0.2, 0.25) is 0 Å². The van der Waals surface area contributed by atoms with E-state index >= 15 is 0 Å². The summed E-state index contributed by atoms with van der Waals surface area (Å²) in [6, 6.07) is 9.39. The summed E-state index contributed by atoms with van der Waals surface area (Å²) in [5, 5.41) is 0. The molecule has 3 nitrogen and oxygen atoms in total. The second-order valence-electron chi connectivity index (χ2n) is 10.4. The first-order valence-corrected chi connectivity index (χ1v) is 11.4. The molecule has 1 aromatic carbocycles. The van der Waals surface area contributed by atoms with Gasteiger partial charge in [0.2, 0.25) is 0 Å². The molecule has 6 atom stereocenters. The maximum atomic E-state index is 12.7. The highest BCUT2D eigenvalue weighted by molar-refractivity contribution is 5.89. The van der Waals surface area contributed by atoms with Crippen LogP contribution >= 0.6 is 0 Å². The average Bonchev–Trinajstić information content (AvgIpc) is 3.05. The molecule has 0 aliphatic heterocycles. The Hall–Kier alpha value is -1.90. The van der Waals surface area contributed by atoms with Crippen molar-refractivity contribution < 1.29 is 14.3 Å². The van der Waals surface area contributed by atoms with E-state index in [0.717, 1.165) is 38.5 Å². The largest absolute Gasteiger partial charge is 0.458 e. The molecule has 0 aromatic heterocycles. The molecule has 4 aliphatic rings. The van der Waals surface area contributed by atoms with Crippen LogP contribution in [0, 0.1) is 28.6 Å². The average molecular weight is 393 g/mol. The molecule has 29 heavy (non-hydrogen) atoms. The van der Waals surface area contributed by atoms with Crippen LogP contribution in [-0.2, 0) is 9.53 Å². The van der Waals surface area contributed by atoms with Gasteiger partial charge < -0.3 is 4.74 Å². The van der Waals surface area contributed by atoms with Crippen molar-refractivity contribution >= 4 is 11.8 Å². The molecule has 0 bridgehead atoms. The fourth-order valence-corrected chi connectivity index (χ4v) is 7.39. The van der Waals surface area contributed by atoms with Crippen molar-refractivity contribution in [2.75, 3.05) is 0 Å². The van der Waals surface area contributed by atoms with Gasteiger partial charge in [0.05, 0.1) is 5.56 Å². The number of allylic oxidation sites excluding steroid dienone is 2. The minimum atomic E-state index is -0.178. The van der Waals surface area contributed by atoms with E-state index in [4.69, 9.17) is 4.74 Å². The molecule has 0 amide bonds. The summed E-state index contributed by atoms with van der Waals surface area (Å²) in [4.78, 5) is 24.7. The maximum absolute atomic E-state index is 12.7. The van der Waals surface area contributed by atoms with Crippen LogP contribution in [0.4, 0.5) is 0 Å². The number of esters is 1. The maximum Gasteiger partial charge on any atom is 0.338 e. The summed E-state index contributed by atoms with van der Waals surface area (Å²) >= 11 is 0. The molecule has 0 N–H and O–H groups in total. The highest BCUT2D eigenvalue weighted by Crippen LogP contribution is 2.65. The first-order valence-electron chi connectivity index (χ1n) is 11.4. The molecule has 0 radical (unpaired) electrons. The third-order valence-electron chi connectivity index (χ3n) is 9.11. The van der Waals surface area contributed by atoms with Crippen LogP contribution in [0.25, 0.3) is 0 Å². The quantitative estimate of drug-likeness (QED) is 0.476. The highest BCUT2D eigenvalue weighted by Gasteiger charge is 2.59. The van der Waals surface area contributed by atoms with Crippen molar-refractivity contribution in [1.82, 2.24) is 0 Å². The Morgan fingerprint density at radius 3 is 2.62 bits per heavy atom. The van der Waals surface area contributed by atoms with Gasteiger partial charge in [0.25, 0.3) is 0 Å². The Morgan fingerprint density at radius 2 is 1.83 bits per heavy atom. The van der Waals surface area contributed by atoms with Crippen molar-refractivity contribution in [3.63, 3.8) is 0 Å². The van der Waals surface area contributed by atoms with Crippen molar-refractivity contribution in [3.05, 3.63) is 47.5 Å². The van der Waals surface area contributed by atoms with Gasteiger partial charge in [-0.1, -0.05) is 43.7 Å². The van der Waals surface area contributed by atoms with Crippen LogP contribution in [0.15, 0.2) is 42.0 Å². The van der Waals surface area contributed by atoms with E-state index in [2.05, 4.69) is 19.9 Å². The van der Waals surface area contributed by atoms with Crippen molar-refractivity contribution in [2.24, 2.45) is 28.6 Å². The van der Waals surface area contributed by atoms with Gasteiger partial charge in [-0.3, -0.25) is 4.79 Å². The van der Waals surface area contributed by atoms with Gasteiger partial charge in [0, 0.05) is 18.3 Å². The number of hydrogen-bond acceptors (Lipinski definition) is 3. The second kappa shape index (κ2) is 6.82. The Balaban J connectivity index is 1.37. The molecule has 0 saturated heterocycles. The molecule has 3 saturated carbocycles. The molecule has 3 heteroatoms. The van der Waals surface area contributed by atoms with Gasteiger partial charge in [-0.15, -0.1) is 0 Å². The third kappa shape index (κ3) is 2.92. The SMILES string of the molecule is CC12CCC(=O)CC1=CCC1C2CCC2(C)C(OC(=O)c3ccccc3)CCC12. The monoisotopic (exact) mass is 392 g/mol. The standard InChI is InChI=1S/C26H32O3/c1-25-14-12-19(27)16-18(25)8-9-20-21-10-11-23(26(21,2)15-13-22(20)25)29-24(28)17-6-4-3-5-7-17/h3-8,20-23H,9-16H2,1-2H3. The van der Waals surface area contributed by atoms with Gasteiger partial charge in [0.1, 0.15) is 11.9 Å². The summed E-state index contributed by atoms with van der Waals surface area (Å²) in [6.07, 6.45) is 10.4. The van der Waals surface area contributed by atoms with Gasteiger partial charge in [-0.2, -0.15) is 0 Å². The first-order chi connectivity index (χ1) is 13.9. The number of carbonyl (C=O) groups excluding carboxylic acids is 2. The summed E-state index contributed by atoms with van der Waals surface area (Å²) in [5.74, 6) is 2.19. The second-order valence-corrected chi connectivity index (χ2v) is 10.4. The van der Waals surface area contributed by atoms with Crippen LogP contribution in [0.1, 0.15) is 75.6 Å². The van der Waals surface area contributed by atoms with E-state index in [9.17, 15) is 9.59 Å². The number of Topliss-reactive ketones (excluding diaryl/α,β-unsaturated/α-hetero) is 1. The summed E-state index contributed by atoms with van der Waals surface area (Å²) < 4.78 is 6.10. The van der Waals surface area contributed by atoms with Gasteiger partial charge >= 0.3 is 5.97 Å². The summed E-state index contributed by atoms with van der Waals surface area (Å²) in [7, 11) is 0. The molecule has 154 valence electrons. The van der Waals surface area contributed by atoms with Crippen LogP contribution in [0.5, 0.6) is 0 Å². The number of ketones is 1. The van der Waals surface area contributed by atoms with Crippen LogP contribution in [-0.4, -0.2) is 17.9 Å². The van der Waals surface area contributed by atoms with Crippen molar-refractivity contribution in [2.45, 2.75) is 71.3 Å². The zero-order valence-corrected chi connectivity index (χ0v) is 17.7. The fourth-order valence-electron chi connectivity index (χ4n) is 7.39. The van der Waals surface area contributed by atoms with E-state index in [0.29, 0.717) is 35.5 Å². The molecule has 1 aromatic rings. The lowest BCUT2D eigenvalue weighted by Crippen LogP contribution is -2.51. The fraction of sp³-hybridized carbons (Fsp3) is 0.615. The zero-order valence-electron chi connectivity index (χ0n) is 17.7. The van der Waals surface area contributed by atoms with Gasteiger partial charge in [-0.25, -0.2) is 4.79 Å². The Morgan fingerprint density at radius 1 is 1.03 bits per heavy atom. The van der Waals surface area contributed by atoms with Gasteiger partial charge in [0.15, 0.2) is 0 Å². The highest BCUT2D eigenvalue weighted by atomic mass is 16.5. The molecule has 0 spiro atoms. The topological polar surface area (TPSA) is 43.4 Å². The normalized spacial score (nSPS) is 41.0. The Kier molecular flexibility index (Phi) is 4.49. The number of benzene rings is 1. The van der Waals surface area contributed by atoms with E-state index in [1.165, 1.54) is 12.0 Å². The van der Waals surface area contributed by atoms with Crippen molar-refractivity contribution in [3.8, 4) is 0 Å². The number of hydrogen-bond donors (Lipinski definition) is 0. The minimum absolute atomic E-state index is 0.0206. The molecular formula is C26H32O3. The number of fused-ring (bicyclic) bond motifs is 5. The Bertz CT molecular complexity index is 856. The van der Waals surface area contributed by atoms with E-state index in [1.54, 1.807) is 0 Å². The molecular weight excluding hydrogens is 360 g/mol. The summed E-state index contributed by atoms with van der Waals surface area (Å²) in [5.41, 5.74) is 2.36. The number of carbonyl (C=O) groups is 2. The Labute approximate surface area is 173 Å². The molecule has 3 fully saturated rings. The van der Waals surface area contributed by atoms with E-state index < -0.39 is 0 Å². The number of rotatable bonds is 2. The third-order valence-corrected chi connectivity index (χ3v) is 9.11. The molecule has 0 heterocycles. The van der Waals surface area contributed by atoms with E-state index in [1.807, 2.05) is 30.3 Å². The lowest BCUT2D eigenvalue weighted by Gasteiger charge is -2.57.